The summed E-state index contributed by atoms with van der Waals surface area (Å²) in [6.07, 6.45) is 3.10. The number of rotatable bonds is 4. The second-order valence-corrected chi connectivity index (χ2v) is 5.30. The van der Waals surface area contributed by atoms with Gasteiger partial charge in [0.15, 0.2) is 0 Å². The van der Waals surface area contributed by atoms with Gasteiger partial charge in [0.25, 0.3) is 0 Å². The van der Waals surface area contributed by atoms with Crippen molar-refractivity contribution in [2.45, 2.75) is 5.03 Å². The molecule has 7 heteroatoms. The topological polar surface area (TPSA) is 54.9 Å². The zero-order valence-corrected chi connectivity index (χ0v) is 12.0. The van der Waals surface area contributed by atoms with Gasteiger partial charge >= 0.3 is 0 Å². The minimum Gasteiger partial charge on any atom is -0.310 e. The number of anilines is 1. The molecule has 0 fully saturated rings. The number of carbonyl (C=O) groups excluding carboxylic acids is 1. The number of halogens is 2. The summed E-state index contributed by atoms with van der Waals surface area (Å²) >= 11 is 12.9. The fraction of sp³-hybridized carbons (Fsp3) is 0.0833. The fourth-order valence-corrected chi connectivity index (χ4v) is 2.32. The van der Waals surface area contributed by atoms with Crippen LogP contribution >= 0.6 is 35.0 Å². The molecule has 4 nitrogen and oxygen atoms in total. The van der Waals surface area contributed by atoms with Crippen LogP contribution in [0.25, 0.3) is 0 Å². The lowest BCUT2D eigenvalue weighted by Gasteiger charge is -2.04. The van der Waals surface area contributed by atoms with Crippen LogP contribution in [-0.4, -0.2) is 21.6 Å². The molecule has 0 spiro atoms. The molecule has 0 saturated heterocycles. The molecular weight excluding hydrogens is 305 g/mol. The highest BCUT2D eigenvalue weighted by atomic mass is 35.5. The van der Waals surface area contributed by atoms with E-state index in [9.17, 15) is 4.79 Å². The van der Waals surface area contributed by atoms with Gasteiger partial charge in [-0.25, -0.2) is 9.97 Å². The quantitative estimate of drug-likeness (QED) is 0.877. The molecule has 2 rings (SSSR count). The minimum absolute atomic E-state index is 0.179. The highest BCUT2D eigenvalue weighted by Gasteiger charge is 2.07. The number of pyridine rings is 2. The Morgan fingerprint density at radius 3 is 2.79 bits per heavy atom. The van der Waals surface area contributed by atoms with Crippen LogP contribution in [0.4, 0.5) is 5.82 Å². The smallest absolute Gasteiger partial charge is 0.235 e. The highest BCUT2D eigenvalue weighted by molar-refractivity contribution is 8.00. The van der Waals surface area contributed by atoms with Crippen LogP contribution in [0.3, 0.4) is 0 Å². The van der Waals surface area contributed by atoms with Crippen molar-refractivity contribution in [3.8, 4) is 0 Å². The molecule has 0 bridgehead atoms. The normalized spacial score (nSPS) is 10.2. The van der Waals surface area contributed by atoms with Crippen molar-refractivity contribution in [1.82, 2.24) is 9.97 Å². The van der Waals surface area contributed by atoms with Crippen molar-refractivity contribution in [3.05, 3.63) is 46.7 Å². The number of hydrogen-bond acceptors (Lipinski definition) is 4. The van der Waals surface area contributed by atoms with E-state index in [0.29, 0.717) is 20.9 Å². The van der Waals surface area contributed by atoms with Gasteiger partial charge in [0, 0.05) is 12.4 Å². The third kappa shape index (κ3) is 4.38. The van der Waals surface area contributed by atoms with Gasteiger partial charge in [0.1, 0.15) is 10.8 Å². The Balaban J connectivity index is 1.88. The van der Waals surface area contributed by atoms with E-state index in [-0.39, 0.29) is 11.7 Å². The van der Waals surface area contributed by atoms with E-state index in [0.717, 1.165) is 0 Å². The molecule has 19 heavy (non-hydrogen) atoms. The zero-order chi connectivity index (χ0) is 13.7. The van der Waals surface area contributed by atoms with Crippen LogP contribution in [0.2, 0.25) is 10.0 Å². The molecule has 0 aliphatic heterocycles. The third-order valence-corrected chi connectivity index (χ3v) is 3.71. The van der Waals surface area contributed by atoms with Crippen LogP contribution in [0.15, 0.2) is 41.7 Å². The lowest BCUT2D eigenvalue weighted by atomic mass is 10.4. The molecule has 1 amide bonds. The molecule has 0 atom stereocenters. The minimum atomic E-state index is -0.179. The van der Waals surface area contributed by atoms with Gasteiger partial charge in [-0.15, -0.1) is 0 Å². The summed E-state index contributed by atoms with van der Waals surface area (Å²) in [6.45, 7) is 0. The van der Waals surface area contributed by atoms with E-state index < -0.39 is 0 Å². The van der Waals surface area contributed by atoms with E-state index >= 15 is 0 Å². The standard InChI is InChI=1S/C12H9Cl2N3OS/c13-8-3-4-10(16-6-8)17-11(18)7-19-12-9(14)2-1-5-15-12/h1-6H,7H2,(H,16,17,18). The van der Waals surface area contributed by atoms with Crippen molar-refractivity contribution in [2.75, 3.05) is 11.1 Å². The van der Waals surface area contributed by atoms with Crippen molar-refractivity contribution in [3.63, 3.8) is 0 Å². The summed E-state index contributed by atoms with van der Waals surface area (Å²) in [4.78, 5) is 19.8. The monoisotopic (exact) mass is 313 g/mol. The molecule has 2 heterocycles. The number of nitrogens with one attached hydrogen (secondary N) is 1. The average molecular weight is 314 g/mol. The van der Waals surface area contributed by atoms with Crippen LogP contribution in [0.1, 0.15) is 0 Å². The Kier molecular flexibility index (Phi) is 5.01. The Labute approximate surface area is 124 Å². The molecule has 1 N–H and O–H groups in total. The first-order chi connectivity index (χ1) is 9.15. The van der Waals surface area contributed by atoms with Gasteiger partial charge in [-0.3, -0.25) is 4.79 Å². The molecule has 0 aliphatic rings. The second kappa shape index (κ2) is 6.75. The molecule has 2 aromatic rings. The molecule has 0 saturated carbocycles. The van der Waals surface area contributed by atoms with Crippen LogP contribution in [0, 0.1) is 0 Å². The summed E-state index contributed by atoms with van der Waals surface area (Å²) in [5, 5.41) is 4.34. The Morgan fingerprint density at radius 1 is 1.26 bits per heavy atom. The van der Waals surface area contributed by atoms with Crippen molar-refractivity contribution in [1.29, 1.82) is 0 Å². The molecular formula is C12H9Cl2N3OS. The van der Waals surface area contributed by atoms with Gasteiger partial charge in [0.2, 0.25) is 5.91 Å². The third-order valence-electron chi connectivity index (χ3n) is 2.06. The van der Waals surface area contributed by atoms with Gasteiger partial charge < -0.3 is 5.32 Å². The molecule has 0 unspecified atom stereocenters. The van der Waals surface area contributed by atoms with Crippen molar-refractivity contribution in [2.24, 2.45) is 0 Å². The Bertz CT molecular complexity index is 577. The first-order valence-electron chi connectivity index (χ1n) is 5.30. The predicted molar refractivity (Wildman–Crippen MR) is 77.8 cm³/mol. The largest absolute Gasteiger partial charge is 0.310 e. The molecule has 0 aliphatic carbocycles. The van der Waals surface area contributed by atoms with Gasteiger partial charge in [-0.1, -0.05) is 35.0 Å². The van der Waals surface area contributed by atoms with Crippen LogP contribution < -0.4 is 5.32 Å². The summed E-state index contributed by atoms with van der Waals surface area (Å²) < 4.78 is 0. The van der Waals surface area contributed by atoms with Gasteiger partial charge in [0.05, 0.1) is 15.8 Å². The fourth-order valence-electron chi connectivity index (χ4n) is 1.24. The maximum atomic E-state index is 11.7. The van der Waals surface area contributed by atoms with Gasteiger partial charge in [-0.05, 0) is 24.3 Å². The summed E-state index contributed by atoms with van der Waals surface area (Å²) in [6, 6.07) is 6.77. The second-order valence-electron chi connectivity index (χ2n) is 3.49. The first kappa shape index (κ1) is 14.1. The average Bonchev–Trinajstić information content (AvgIpc) is 2.40. The van der Waals surface area contributed by atoms with E-state index in [4.69, 9.17) is 23.2 Å². The molecule has 0 radical (unpaired) electrons. The number of aromatic nitrogens is 2. The van der Waals surface area contributed by atoms with E-state index in [1.165, 1.54) is 18.0 Å². The molecule has 0 aromatic carbocycles. The van der Waals surface area contributed by atoms with Crippen molar-refractivity contribution >= 4 is 46.7 Å². The molecule has 98 valence electrons. The number of hydrogen-bond donors (Lipinski definition) is 1. The summed E-state index contributed by atoms with van der Waals surface area (Å²) in [5.74, 6) is 0.491. The first-order valence-corrected chi connectivity index (χ1v) is 7.04. The lowest BCUT2D eigenvalue weighted by Crippen LogP contribution is -2.14. The molecule has 2 aromatic heterocycles. The lowest BCUT2D eigenvalue weighted by molar-refractivity contribution is -0.113. The van der Waals surface area contributed by atoms with Crippen LogP contribution in [0.5, 0.6) is 0 Å². The number of carbonyl (C=O) groups is 1. The van der Waals surface area contributed by atoms with Gasteiger partial charge in [-0.2, -0.15) is 0 Å². The Morgan fingerprint density at radius 2 is 2.11 bits per heavy atom. The predicted octanol–water partition coefficient (Wildman–Crippen LogP) is 3.51. The SMILES string of the molecule is O=C(CSc1ncccc1Cl)Nc1ccc(Cl)cn1. The number of thioether (sulfide) groups is 1. The van der Waals surface area contributed by atoms with Crippen LogP contribution in [-0.2, 0) is 4.79 Å². The summed E-state index contributed by atoms with van der Waals surface area (Å²) in [5.41, 5.74) is 0. The van der Waals surface area contributed by atoms with E-state index in [2.05, 4.69) is 15.3 Å². The van der Waals surface area contributed by atoms with Crippen molar-refractivity contribution < 1.29 is 4.79 Å². The van der Waals surface area contributed by atoms with E-state index in [1.54, 1.807) is 30.5 Å². The maximum Gasteiger partial charge on any atom is 0.235 e. The highest BCUT2D eigenvalue weighted by Crippen LogP contribution is 2.23. The number of amides is 1. The maximum absolute atomic E-state index is 11.7. The number of nitrogens with zero attached hydrogens (tertiary/aromatic N) is 2. The van der Waals surface area contributed by atoms with E-state index in [1.807, 2.05) is 0 Å². The summed E-state index contributed by atoms with van der Waals surface area (Å²) in [7, 11) is 0. The Hall–Kier alpha value is -1.30. The zero-order valence-electron chi connectivity index (χ0n) is 9.64.